The van der Waals surface area contributed by atoms with Crippen LogP contribution in [0, 0.1) is 0 Å². The lowest BCUT2D eigenvalue weighted by Gasteiger charge is -2.23. The van der Waals surface area contributed by atoms with Gasteiger partial charge < -0.3 is 10.1 Å². The predicted molar refractivity (Wildman–Crippen MR) is 94.7 cm³/mol. The van der Waals surface area contributed by atoms with Gasteiger partial charge in [0.1, 0.15) is 11.8 Å². The third kappa shape index (κ3) is 2.67. The summed E-state index contributed by atoms with van der Waals surface area (Å²) in [5.74, 6) is 1.45. The van der Waals surface area contributed by atoms with Gasteiger partial charge in [0.15, 0.2) is 0 Å². The maximum Gasteiger partial charge on any atom is 0.248 e. The first-order valence-corrected chi connectivity index (χ1v) is 8.20. The lowest BCUT2D eigenvalue weighted by atomic mass is 10.0. The first-order chi connectivity index (χ1) is 11.7. The summed E-state index contributed by atoms with van der Waals surface area (Å²) in [5, 5.41) is 15.3. The zero-order valence-electron chi connectivity index (χ0n) is 12.8. The van der Waals surface area contributed by atoms with Crippen LogP contribution in [0.3, 0.4) is 0 Å². The Bertz CT molecular complexity index is 886. The molecule has 0 bridgehead atoms. The van der Waals surface area contributed by atoms with Crippen LogP contribution in [0.4, 0.5) is 5.95 Å². The van der Waals surface area contributed by atoms with Crippen molar-refractivity contribution >= 4 is 27.6 Å². The van der Waals surface area contributed by atoms with Gasteiger partial charge in [-0.1, -0.05) is 33.2 Å². The molecule has 6 nitrogen and oxygen atoms in total. The van der Waals surface area contributed by atoms with Crippen LogP contribution in [0.25, 0.3) is 5.70 Å². The number of anilines is 1. The molecule has 0 fully saturated rings. The first-order valence-electron chi connectivity index (χ1n) is 7.41. The Hall–Kier alpha value is -2.67. The molecule has 0 aliphatic carbocycles. The number of halogens is 1. The van der Waals surface area contributed by atoms with Crippen molar-refractivity contribution < 1.29 is 4.74 Å². The van der Waals surface area contributed by atoms with Crippen LogP contribution in [0.5, 0.6) is 5.75 Å². The number of allylic oxidation sites excluding steroid dienone is 1. The van der Waals surface area contributed by atoms with E-state index in [1.54, 1.807) is 11.8 Å². The lowest BCUT2D eigenvalue weighted by molar-refractivity contribution is 0.415. The van der Waals surface area contributed by atoms with Gasteiger partial charge in [-0.05, 0) is 64.0 Å². The van der Waals surface area contributed by atoms with Crippen LogP contribution in [-0.4, -0.2) is 27.3 Å². The molecule has 7 heteroatoms. The second-order valence-corrected chi connectivity index (χ2v) is 6.29. The van der Waals surface area contributed by atoms with E-state index in [0.29, 0.717) is 5.95 Å². The van der Waals surface area contributed by atoms with Crippen LogP contribution < -0.4 is 10.1 Å². The fourth-order valence-corrected chi connectivity index (χ4v) is 2.95. The first kappa shape index (κ1) is 14.9. The Morgan fingerprint density at radius 2 is 1.83 bits per heavy atom. The molecule has 1 aromatic heterocycles. The van der Waals surface area contributed by atoms with Gasteiger partial charge in [-0.3, -0.25) is 0 Å². The monoisotopic (exact) mass is 383 g/mol. The lowest BCUT2D eigenvalue weighted by Crippen LogP contribution is -2.20. The molecule has 1 aliphatic rings. The van der Waals surface area contributed by atoms with Gasteiger partial charge in [-0.15, -0.1) is 0 Å². The summed E-state index contributed by atoms with van der Waals surface area (Å²) in [7, 11) is 1.66. The number of hydrogen-bond acceptors (Lipinski definition) is 5. The average molecular weight is 384 g/mol. The number of fused-ring (bicyclic) bond motifs is 1. The number of hydrogen-bond donors (Lipinski definition) is 1. The highest BCUT2D eigenvalue weighted by Gasteiger charge is 2.24. The minimum atomic E-state index is -0.0681. The fraction of sp³-hybridized carbons (Fsp3) is 0.118. The number of aromatic nitrogens is 4. The van der Waals surface area contributed by atoms with E-state index in [-0.39, 0.29) is 6.04 Å². The molecule has 3 aromatic rings. The van der Waals surface area contributed by atoms with Gasteiger partial charge in [-0.2, -0.15) is 4.68 Å². The van der Waals surface area contributed by atoms with Crippen LogP contribution >= 0.6 is 15.9 Å². The molecule has 2 heterocycles. The molecular weight excluding hydrogens is 370 g/mol. The van der Waals surface area contributed by atoms with E-state index in [1.807, 2.05) is 36.4 Å². The highest BCUT2D eigenvalue weighted by Crippen LogP contribution is 2.32. The van der Waals surface area contributed by atoms with E-state index in [9.17, 15) is 0 Å². The third-order valence-electron chi connectivity index (χ3n) is 3.94. The van der Waals surface area contributed by atoms with E-state index < -0.39 is 0 Å². The van der Waals surface area contributed by atoms with Gasteiger partial charge in [0, 0.05) is 10.2 Å². The molecule has 0 amide bonds. The van der Waals surface area contributed by atoms with Crippen LogP contribution in [0.15, 0.2) is 59.1 Å². The summed E-state index contributed by atoms with van der Waals surface area (Å²) in [6.45, 7) is 0. The van der Waals surface area contributed by atoms with Crippen molar-refractivity contribution in [2.75, 3.05) is 12.4 Å². The minimum Gasteiger partial charge on any atom is -0.497 e. The summed E-state index contributed by atoms with van der Waals surface area (Å²) in [6, 6.07) is 16.0. The number of tetrazole rings is 1. The summed E-state index contributed by atoms with van der Waals surface area (Å²) < 4.78 is 8.03. The van der Waals surface area contributed by atoms with Gasteiger partial charge in [0.25, 0.3) is 0 Å². The quantitative estimate of drug-likeness (QED) is 0.749. The molecule has 0 spiro atoms. The van der Waals surface area contributed by atoms with Crippen molar-refractivity contribution in [2.24, 2.45) is 0 Å². The number of nitrogens with one attached hydrogen (secondary N) is 1. The Labute approximate surface area is 147 Å². The SMILES string of the molecule is COc1ccc(C2=CC(c3ccc(Br)cc3)n3nnnc3N2)cc1. The van der Waals surface area contributed by atoms with Crippen molar-refractivity contribution in [1.29, 1.82) is 0 Å². The highest BCUT2D eigenvalue weighted by atomic mass is 79.9. The normalized spacial score (nSPS) is 16.1. The molecule has 1 unspecified atom stereocenters. The Balaban J connectivity index is 1.76. The van der Waals surface area contributed by atoms with Crippen molar-refractivity contribution in [2.45, 2.75) is 6.04 Å². The van der Waals surface area contributed by atoms with Crippen molar-refractivity contribution in [3.8, 4) is 5.75 Å². The standard InChI is InChI=1S/C17H14BrN5O/c1-24-14-8-4-11(5-9-14)15-10-16(12-2-6-13(18)7-3-12)23-17(19-15)20-21-22-23/h2-10,16H,1H3,(H,19,20,22). The van der Waals surface area contributed by atoms with Crippen LogP contribution in [0.2, 0.25) is 0 Å². The molecule has 1 atom stereocenters. The predicted octanol–water partition coefficient (Wildman–Crippen LogP) is 3.50. The average Bonchev–Trinajstić information content (AvgIpc) is 3.10. The van der Waals surface area contributed by atoms with E-state index in [4.69, 9.17) is 4.74 Å². The summed E-state index contributed by atoms with van der Waals surface area (Å²) in [4.78, 5) is 0. The van der Waals surface area contributed by atoms with Crippen LogP contribution in [-0.2, 0) is 0 Å². The Morgan fingerprint density at radius 3 is 2.54 bits per heavy atom. The maximum absolute atomic E-state index is 5.22. The van der Waals surface area contributed by atoms with E-state index >= 15 is 0 Å². The number of nitrogens with zero attached hydrogens (tertiary/aromatic N) is 4. The zero-order valence-corrected chi connectivity index (χ0v) is 14.4. The Kier molecular flexibility index (Phi) is 3.78. The van der Waals surface area contributed by atoms with Gasteiger partial charge >= 0.3 is 0 Å². The van der Waals surface area contributed by atoms with Gasteiger partial charge in [0.05, 0.1) is 7.11 Å². The van der Waals surface area contributed by atoms with Gasteiger partial charge in [0.2, 0.25) is 5.95 Å². The van der Waals surface area contributed by atoms with Crippen LogP contribution in [0.1, 0.15) is 17.2 Å². The molecule has 1 N–H and O–H groups in total. The van der Waals surface area contributed by atoms with Crippen molar-refractivity contribution in [3.63, 3.8) is 0 Å². The van der Waals surface area contributed by atoms with Gasteiger partial charge in [-0.25, -0.2) is 0 Å². The second kappa shape index (κ2) is 6.09. The number of rotatable bonds is 3. The smallest absolute Gasteiger partial charge is 0.248 e. The molecule has 120 valence electrons. The number of methoxy groups -OCH3 is 1. The highest BCUT2D eigenvalue weighted by molar-refractivity contribution is 9.10. The van der Waals surface area contributed by atoms with E-state index in [1.165, 1.54) is 0 Å². The zero-order chi connectivity index (χ0) is 16.5. The molecule has 0 saturated heterocycles. The molecule has 0 saturated carbocycles. The number of ether oxygens (including phenoxy) is 1. The molecule has 4 rings (SSSR count). The maximum atomic E-state index is 5.22. The third-order valence-corrected chi connectivity index (χ3v) is 4.47. The fourth-order valence-electron chi connectivity index (χ4n) is 2.69. The molecule has 2 aromatic carbocycles. The summed E-state index contributed by atoms with van der Waals surface area (Å²) >= 11 is 3.47. The molecule has 1 aliphatic heterocycles. The van der Waals surface area contributed by atoms with Crippen molar-refractivity contribution in [3.05, 3.63) is 70.2 Å². The number of benzene rings is 2. The summed E-state index contributed by atoms with van der Waals surface area (Å²) in [6.07, 6.45) is 2.12. The van der Waals surface area contributed by atoms with E-state index in [0.717, 1.165) is 27.0 Å². The largest absolute Gasteiger partial charge is 0.497 e. The molecule has 0 radical (unpaired) electrons. The van der Waals surface area contributed by atoms with E-state index in [2.05, 4.69) is 55.0 Å². The topological polar surface area (TPSA) is 64.9 Å². The molecule has 24 heavy (non-hydrogen) atoms. The van der Waals surface area contributed by atoms with Crippen molar-refractivity contribution in [1.82, 2.24) is 20.2 Å². The summed E-state index contributed by atoms with van der Waals surface area (Å²) in [5.41, 5.74) is 3.12. The second-order valence-electron chi connectivity index (χ2n) is 5.38. The minimum absolute atomic E-state index is 0.0681. The molecular formula is C17H14BrN5O. The Morgan fingerprint density at radius 1 is 1.08 bits per heavy atom.